The number of hydrogen-bond acceptors (Lipinski definition) is 7. The van der Waals surface area contributed by atoms with E-state index in [0.717, 1.165) is 50.7 Å². The average molecular weight is 500 g/mol. The van der Waals surface area contributed by atoms with Gasteiger partial charge in [0, 0.05) is 25.4 Å². The van der Waals surface area contributed by atoms with Gasteiger partial charge in [-0.05, 0) is 76.4 Å². The topological polar surface area (TPSA) is 66.5 Å². The van der Waals surface area contributed by atoms with Crippen molar-refractivity contribution >= 4 is 17.9 Å². The van der Waals surface area contributed by atoms with Gasteiger partial charge in [-0.25, -0.2) is 14.6 Å². The third-order valence-corrected chi connectivity index (χ3v) is 10.1. The minimum atomic E-state index is -0.706. The zero-order valence-electron chi connectivity index (χ0n) is 21.8. The van der Waals surface area contributed by atoms with Crippen molar-refractivity contribution in [3.8, 4) is 0 Å². The number of amides is 1. The van der Waals surface area contributed by atoms with Gasteiger partial charge in [0.15, 0.2) is 11.9 Å². The summed E-state index contributed by atoms with van der Waals surface area (Å²) in [5.74, 6) is 2.16. The predicted molar refractivity (Wildman–Crippen MR) is 132 cm³/mol. The number of rotatable bonds is 10. The molecule has 196 valence electrons. The number of carbonyl (C=O) groups excluding carboxylic acids is 1. The molecule has 5 fully saturated rings. The van der Waals surface area contributed by atoms with Gasteiger partial charge in [-0.1, -0.05) is 26.7 Å². The van der Waals surface area contributed by atoms with Gasteiger partial charge in [-0.15, -0.1) is 11.8 Å². The molecule has 8 heteroatoms. The van der Waals surface area contributed by atoms with Gasteiger partial charge in [0.05, 0.1) is 6.61 Å². The van der Waals surface area contributed by atoms with Gasteiger partial charge < -0.3 is 19.1 Å². The molecule has 0 N–H and O–H groups in total. The molecule has 0 aromatic rings. The summed E-state index contributed by atoms with van der Waals surface area (Å²) in [5.41, 5.74) is -0.344. The highest BCUT2D eigenvalue weighted by atomic mass is 32.2. The summed E-state index contributed by atoms with van der Waals surface area (Å²) in [6, 6.07) is 0. The average Bonchev–Trinajstić information content (AvgIpc) is 3.05. The van der Waals surface area contributed by atoms with Crippen LogP contribution >= 0.6 is 11.8 Å². The Labute approximate surface area is 209 Å². The Hall–Kier alpha value is -0.540. The Morgan fingerprint density at radius 2 is 1.79 bits per heavy atom. The van der Waals surface area contributed by atoms with Gasteiger partial charge in [0.2, 0.25) is 5.79 Å². The molecule has 1 amide bonds. The maximum absolute atomic E-state index is 11.9. The zero-order chi connectivity index (χ0) is 24.3. The van der Waals surface area contributed by atoms with Crippen LogP contribution in [0.4, 0.5) is 4.79 Å². The van der Waals surface area contributed by atoms with Crippen LogP contribution in [0.25, 0.3) is 0 Å². The minimum absolute atomic E-state index is 0.122. The Kier molecular flexibility index (Phi) is 8.77. The number of hydrogen-bond donors (Lipinski definition) is 0. The van der Waals surface area contributed by atoms with Gasteiger partial charge in [0.25, 0.3) is 0 Å². The lowest BCUT2D eigenvalue weighted by molar-refractivity contribution is -0.568. The summed E-state index contributed by atoms with van der Waals surface area (Å²) in [6.45, 7) is 12.5. The van der Waals surface area contributed by atoms with E-state index < -0.39 is 11.4 Å². The van der Waals surface area contributed by atoms with Crippen LogP contribution in [0.15, 0.2) is 0 Å². The number of unbranched alkanes of at least 4 members (excludes halogenated alkanes) is 3. The molecule has 5 rings (SSSR count). The molecule has 0 aromatic carbocycles. The van der Waals surface area contributed by atoms with E-state index in [9.17, 15) is 4.79 Å². The van der Waals surface area contributed by atoms with Crippen LogP contribution in [-0.4, -0.2) is 59.6 Å². The third kappa shape index (κ3) is 5.13. The van der Waals surface area contributed by atoms with Crippen LogP contribution in [0.3, 0.4) is 0 Å². The van der Waals surface area contributed by atoms with Gasteiger partial charge in [0.1, 0.15) is 5.44 Å². The monoisotopic (exact) mass is 499 g/mol. The van der Waals surface area contributed by atoms with Gasteiger partial charge in [-0.2, -0.15) is 0 Å². The Morgan fingerprint density at radius 3 is 2.56 bits per heavy atom. The number of nitrogens with zero attached hydrogens (tertiary/aromatic N) is 1. The maximum atomic E-state index is 11.9. The first-order valence-electron chi connectivity index (χ1n) is 13.6. The van der Waals surface area contributed by atoms with E-state index in [1.54, 1.807) is 4.90 Å². The first-order valence-corrected chi connectivity index (χ1v) is 14.6. The molecule has 1 aliphatic carbocycles. The molecule has 1 saturated carbocycles. The number of fused-ring (bicyclic) bond motifs is 2. The molecular weight excluding hydrogens is 454 g/mol. The van der Waals surface area contributed by atoms with Crippen LogP contribution < -0.4 is 0 Å². The van der Waals surface area contributed by atoms with E-state index >= 15 is 0 Å². The highest BCUT2D eigenvalue weighted by molar-refractivity contribution is 7.99. The standard InChI is InChI=1S/C26H45NO6S/c1-6-27(7-2)24(28)29-16-10-8-9-11-17-34-22-19(4)21-13-12-18(3)20-14-15-25(5)31-23(30-22)26(20,21)33-32-25/h18-23H,6-17H2,1-5H3/t18-,19-,20+,21+,22+,23-,25-,26-/m1/s1. The van der Waals surface area contributed by atoms with Crippen LogP contribution in [0.1, 0.15) is 86.0 Å². The molecule has 4 saturated heterocycles. The van der Waals surface area contributed by atoms with Crippen molar-refractivity contribution in [2.75, 3.05) is 25.4 Å². The van der Waals surface area contributed by atoms with Crippen molar-refractivity contribution in [1.29, 1.82) is 0 Å². The molecule has 4 aliphatic heterocycles. The van der Waals surface area contributed by atoms with Crippen LogP contribution in [0.5, 0.6) is 0 Å². The number of carbonyl (C=O) groups is 1. The quantitative estimate of drug-likeness (QED) is 0.271. The van der Waals surface area contributed by atoms with Gasteiger partial charge in [-0.3, -0.25) is 0 Å². The molecule has 5 aliphatic rings. The summed E-state index contributed by atoms with van der Waals surface area (Å²) >= 11 is 1.92. The Morgan fingerprint density at radius 1 is 1.03 bits per heavy atom. The molecule has 0 radical (unpaired) electrons. The molecule has 1 spiro atoms. The Balaban J connectivity index is 1.23. The lowest BCUT2D eigenvalue weighted by Crippen LogP contribution is -2.70. The SMILES string of the molecule is CCN(CC)C(=O)OCCCCCCS[C@@H]1O[C@@H]2O[C@@]3(C)CC[C@H]4[C@H](C)CC[C@@H]([C@H]1C)[C@@]24OO3. The highest BCUT2D eigenvalue weighted by Gasteiger charge is 2.69. The van der Waals surface area contributed by atoms with Crippen LogP contribution in [0.2, 0.25) is 0 Å². The van der Waals surface area contributed by atoms with E-state index in [1.807, 2.05) is 32.5 Å². The number of ether oxygens (including phenoxy) is 3. The van der Waals surface area contributed by atoms with E-state index in [2.05, 4.69) is 13.8 Å². The zero-order valence-corrected chi connectivity index (χ0v) is 22.6. The summed E-state index contributed by atoms with van der Waals surface area (Å²) in [7, 11) is 0. The summed E-state index contributed by atoms with van der Waals surface area (Å²) in [5, 5.41) is 0. The second-order valence-corrected chi connectivity index (χ2v) is 12.1. The van der Waals surface area contributed by atoms with E-state index in [-0.39, 0.29) is 17.8 Å². The maximum Gasteiger partial charge on any atom is 0.409 e. The second kappa shape index (κ2) is 11.2. The normalized spacial score (nSPS) is 41.0. The van der Waals surface area contributed by atoms with Crippen molar-refractivity contribution in [2.45, 2.75) is 109 Å². The van der Waals surface area contributed by atoms with Crippen LogP contribution in [0, 0.1) is 23.7 Å². The fourth-order valence-corrected chi connectivity index (χ4v) is 7.83. The van der Waals surface area contributed by atoms with E-state index in [1.165, 1.54) is 6.42 Å². The summed E-state index contributed by atoms with van der Waals surface area (Å²) < 4.78 is 18.5. The Bertz CT molecular complexity index is 692. The molecule has 0 unspecified atom stereocenters. The molecule has 4 heterocycles. The number of thioether (sulfide) groups is 1. The fourth-order valence-electron chi connectivity index (χ4n) is 6.55. The molecule has 7 nitrogen and oxygen atoms in total. The third-order valence-electron chi connectivity index (χ3n) is 8.67. The lowest BCUT2D eigenvalue weighted by Gasteiger charge is -2.60. The first-order chi connectivity index (χ1) is 16.3. The molecule has 8 atom stereocenters. The van der Waals surface area contributed by atoms with E-state index in [4.69, 9.17) is 24.0 Å². The first kappa shape index (κ1) is 26.5. The lowest BCUT2D eigenvalue weighted by atomic mass is 9.58. The second-order valence-electron chi connectivity index (χ2n) is 10.8. The predicted octanol–water partition coefficient (Wildman–Crippen LogP) is 5.97. The van der Waals surface area contributed by atoms with Crippen molar-refractivity contribution in [3.63, 3.8) is 0 Å². The molecule has 0 aromatic heterocycles. The summed E-state index contributed by atoms with van der Waals surface area (Å²) in [6.07, 6.45) is 8.04. The van der Waals surface area contributed by atoms with E-state index in [0.29, 0.717) is 43.4 Å². The van der Waals surface area contributed by atoms with Crippen molar-refractivity contribution < 1.29 is 28.8 Å². The van der Waals surface area contributed by atoms with Crippen molar-refractivity contribution in [1.82, 2.24) is 4.90 Å². The largest absolute Gasteiger partial charge is 0.449 e. The fraction of sp³-hybridized carbons (Fsp3) is 0.962. The molecule has 2 bridgehead atoms. The van der Waals surface area contributed by atoms with Crippen molar-refractivity contribution in [2.24, 2.45) is 23.7 Å². The minimum Gasteiger partial charge on any atom is -0.449 e. The van der Waals surface area contributed by atoms with Gasteiger partial charge >= 0.3 is 6.09 Å². The molecule has 34 heavy (non-hydrogen) atoms. The summed E-state index contributed by atoms with van der Waals surface area (Å²) in [4.78, 5) is 25.7. The smallest absolute Gasteiger partial charge is 0.409 e. The molecular formula is C26H45NO6S. The van der Waals surface area contributed by atoms with Crippen molar-refractivity contribution in [3.05, 3.63) is 0 Å². The van der Waals surface area contributed by atoms with Crippen LogP contribution in [-0.2, 0) is 24.0 Å². The highest BCUT2D eigenvalue weighted by Crippen LogP contribution is 2.61.